The molecule has 1 aliphatic carbocycles. The number of pyridine rings is 1. The van der Waals surface area contributed by atoms with Gasteiger partial charge in [0.2, 0.25) is 0 Å². The Morgan fingerprint density at radius 1 is 1.20 bits per heavy atom. The van der Waals surface area contributed by atoms with Gasteiger partial charge in [0, 0.05) is 17.6 Å². The van der Waals surface area contributed by atoms with Gasteiger partial charge in [-0.05, 0) is 62.3 Å². The van der Waals surface area contributed by atoms with Crippen molar-refractivity contribution in [3.8, 4) is 0 Å². The fourth-order valence-electron chi connectivity index (χ4n) is 3.44. The van der Waals surface area contributed by atoms with Crippen molar-refractivity contribution in [3.05, 3.63) is 42.1 Å². The van der Waals surface area contributed by atoms with Crippen molar-refractivity contribution in [2.24, 2.45) is 5.92 Å². The summed E-state index contributed by atoms with van der Waals surface area (Å²) in [5.41, 5.74) is 2.60. The standard InChI is InChI=1S/C18H24N2/c1-2-10-19-16-8-7-14(13-16)12-15-9-11-20-18-6-4-3-5-17(15)18/h3-6,9,11,14,16,19H,2,7-8,10,12-13H2,1H3. The third-order valence-electron chi connectivity index (χ3n) is 4.47. The maximum atomic E-state index is 4.46. The van der Waals surface area contributed by atoms with Crippen LogP contribution in [0, 0.1) is 5.92 Å². The van der Waals surface area contributed by atoms with E-state index in [4.69, 9.17) is 0 Å². The molecule has 0 amide bonds. The lowest BCUT2D eigenvalue weighted by atomic mass is 9.95. The molecule has 1 aromatic carbocycles. The van der Waals surface area contributed by atoms with E-state index in [1.807, 2.05) is 6.20 Å². The van der Waals surface area contributed by atoms with E-state index in [-0.39, 0.29) is 0 Å². The minimum absolute atomic E-state index is 0.744. The first kappa shape index (κ1) is 13.6. The van der Waals surface area contributed by atoms with Crippen LogP contribution in [0.25, 0.3) is 10.9 Å². The molecular weight excluding hydrogens is 244 g/mol. The molecule has 0 spiro atoms. The summed E-state index contributed by atoms with van der Waals surface area (Å²) in [6.07, 6.45) is 8.42. The molecule has 2 aromatic rings. The number of para-hydroxylation sites is 1. The summed E-state index contributed by atoms with van der Waals surface area (Å²) in [4.78, 5) is 4.46. The zero-order chi connectivity index (χ0) is 13.8. The van der Waals surface area contributed by atoms with Crippen LogP contribution in [0.4, 0.5) is 0 Å². The van der Waals surface area contributed by atoms with Gasteiger partial charge < -0.3 is 5.32 Å². The highest BCUT2D eigenvalue weighted by molar-refractivity contribution is 5.81. The van der Waals surface area contributed by atoms with Crippen LogP contribution in [-0.4, -0.2) is 17.6 Å². The van der Waals surface area contributed by atoms with Crippen LogP contribution < -0.4 is 5.32 Å². The number of aromatic nitrogens is 1. The number of nitrogens with one attached hydrogen (secondary N) is 1. The Balaban J connectivity index is 1.68. The molecule has 2 nitrogen and oxygen atoms in total. The molecule has 0 aliphatic heterocycles. The van der Waals surface area contributed by atoms with Crippen LogP contribution >= 0.6 is 0 Å². The van der Waals surface area contributed by atoms with Crippen molar-refractivity contribution in [2.75, 3.05) is 6.54 Å². The third kappa shape index (κ3) is 3.01. The molecule has 1 fully saturated rings. The lowest BCUT2D eigenvalue weighted by Gasteiger charge is -2.14. The van der Waals surface area contributed by atoms with Crippen molar-refractivity contribution >= 4 is 10.9 Å². The number of nitrogens with zero attached hydrogens (tertiary/aromatic N) is 1. The van der Waals surface area contributed by atoms with Gasteiger partial charge in [0.25, 0.3) is 0 Å². The third-order valence-corrected chi connectivity index (χ3v) is 4.47. The molecule has 3 rings (SSSR count). The highest BCUT2D eigenvalue weighted by atomic mass is 14.9. The van der Waals surface area contributed by atoms with E-state index in [2.05, 4.69) is 47.6 Å². The normalized spacial score (nSPS) is 22.4. The SMILES string of the molecule is CCCNC1CCC(Cc2ccnc3ccccc23)C1. The smallest absolute Gasteiger partial charge is 0.0704 e. The monoisotopic (exact) mass is 268 g/mol. The molecule has 106 valence electrons. The summed E-state index contributed by atoms with van der Waals surface area (Å²) in [5, 5.41) is 5.01. The second kappa shape index (κ2) is 6.36. The predicted octanol–water partition coefficient (Wildman–Crippen LogP) is 3.95. The molecule has 0 radical (unpaired) electrons. The first-order chi connectivity index (χ1) is 9.86. The Morgan fingerprint density at radius 2 is 2.10 bits per heavy atom. The molecule has 0 saturated heterocycles. The van der Waals surface area contributed by atoms with Crippen LogP contribution in [0.15, 0.2) is 36.5 Å². The van der Waals surface area contributed by atoms with Crippen LogP contribution in [-0.2, 0) is 6.42 Å². The number of fused-ring (bicyclic) bond motifs is 1. The van der Waals surface area contributed by atoms with Crippen molar-refractivity contribution in [2.45, 2.75) is 45.1 Å². The van der Waals surface area contributed by atoms with E-state index in [0.717, 1.165) is 24.0 Å². The Labute approximate surface area is 121 Å². The van der Waals surface area contributed by atoms with E-state index in [1.165, 1.54) is 43.1 Å². The van der Waals surface area contributed by atoms with Gasteiger partial charge in [-0.2, -0.15) is 0 Å². The maximum absolute atomic E-state index is 4.46. The molecule has 1 aliphatic rings. The van der Waals surface area contributed by atoms with Crippen molar-refractivity contribution < 1.29 is 0 Å². The van der Waals surface area contributed by atoms with Gasteiger partial charge in [0.05, 0.1) is 5.52 Å². The Hall–Kier alpha value is -1.41. The molecule has 2 atom stereocenters. The van der Waals surface area contributed by atoms with Gasteiger partial charge in [-0.15, -0.1) is 0 Å². The fraction of sp³-hybridized carbons (Fsp3) is 0.500. The van der Waals surface area contributed by atoms with E-state index >= 15 is 0 Å². The van der Waals surface area contributed by atoms with Gasteiger partial charge in [-0.1, -0.05) is 25.1 Å². The Bertz CT molecular complexity index is 559. The summed E-state index contributed by atoms with van der Waals surface area (Å²) in [6, 6.07) is 11.5. The van der Waals surface area contributed by atoms with E-state index in [1.54, 1.807) is 0 Å². The van der Waals surface area contributed by atoms with E-state index in [0.29, 0.717) is 0 Å². The highest BCUT2D eigenvalue weighted by Crippen LogP contribution is 2.30. The van der Waals surface area contributed by atoms with E-state index in [9.17, 15) is 0 Å². The first-order valence-electron chi connectivity index (χ1n) is 7.93. The van der Waals surface area contributed by atoms with Crippen LogP contribution in [0.1, 0.15) is 38.2 Å². The van der Waals surface area contributed by atoms with E-state index < -0.39 is 0 Å². The van der Waals surface area contributed by atoms with Crippen LogP contribution in [0.2, 0.25) is 0 Å². The summed E-state index contributed by atoms with van der Waals surface area (Å²) in [6.45, 7) is 3.40. The molecule has 1 aromatic heterocycles. The summed E-state index contributed by atoms with van der Waals surface area (Å²) >= 11 is 0. The predicted molar refractivity (Wildman–Crippen MR) is 84.9 cm³/mol. The zero-order valence-electron chi connectivity index (χ0n) is 12.3. The average Bonchev–Trinajstić information content (AvgIpc) is 2.93. The summed E-state index contributed by atoms with van der Waals surface area (Å²) in [7, 11) is 0. The quantitative estimate of drug-likeness (QED) is 0.888. The summed E-state index contributed by atoms with van der Waals surface area (Å²) < 4.78 is 0. The van der Waals surface area contributed by atoms with Gasteiger partial charge >= 0.3 is 0 Å². The molecule has 20 heavy (non-hydrogen) atoms. The molecule has 1 heterocycles. The van der Waals surface area contributed by atoms with Crippen molar-refractivity contribution in [1.82, 2.24) is 10.3 Å². The number of hydrogen-bond donors (Lipinski definition) is 1. The lowest BCUT2D eigenvalue weighted by Crippen LogP contribution is -2.27. The molecule has 1 saturated carbocycles. The maximum Gasteiger partial charge on any atom is 0.0704 e. The molecule has 2 unspecified atom stereocenters. The highest BCUT2D eigenvalue weighted by Gasteiger charge is 2.24. The molecular formula is C18H24N2. The second-order valence-electron chi connectivity index (χ2n) is 6.02. The average molecular weight is 268 g/mol. The number of benzene rings is 1. The van der Waals surface area contributed by atoms with Crippen LogP contribution in [0.5, 0.6) is 0 Å². The van der Waals surface area contributed by atoms with Gasteiger partial charge in [-0.3, -0.25) is 4.98 Å². The van der Waals surface area contributed by atoms with Gasteiger partial charge in [0.15, 0.2) is 0 Å². The molecule has 0 bridgehead atoms. The first-order valence-corrected chi connectivity index (χ1v) is 7.93. The topological polar surface area (TPSA) is 24.9 Å². The van der Waals surface area contributed by atoms with Crippen molar-refractivity contribution in [1.29, 1.82) is 0 Å². The molecule has 1 N–H and O–H groups in total. The minimum Gasteiger partial charge on any atom is -0.314 e. The number of hydrogen-bond acceptors (Lipinski definition) is 2. The number of rotatable bonds is 5. The van der Waals surface area contributed by atoms with Gasteiger partial charge in [0.1, 0.15) is 0 Å². The summed E-state index contributed by atoms with van der Waals surface area (Å²) in [5.74, 6) is 0.829. The Morgan fingerprint density at radius 3 is 3.00 bits per heavy atom. The van der Waals surface area contributed by atoms with Crippen LogP contribution in [0.3, 0.4) is 0 Å². The van der Waals surface area contributed by atoms with Gasteiger partial charge in [-0.25, -0.2) is 0 Å². The molecule has 2 heteroatoms. The zero-order valence-corrected chi connectivity index (χ0v) is 12.3. The Kier molecular flexibility index (Phi) is 4.31. The lowest BCUT2D eigenvalue weighted by molar-refractivity contribution is 0.485. The van der Waals surface area contributed by atoms with Crippen molar-refractivity contribution in [3.63, 3.8) is 0 Å². The second-order valence-corrected chi connectivity index (χ2v) is 6.02. The largest absolute Gasteiger partial charge is 0.314 e. The fourth-order valence-corrected chi connectivity index (χ4v) is 3.44. The minimum atomic E-state index is 0.744.